The molecule has 0 saturated carbocycles. The predicted octanol–water partition coefficient (Wildman–Crippen LogP) is 3.31. The van der Waals surface area contributed by atoms with Crippen LogP contribution >= 0.6 is 0 Å². The molecule has 1 atom stereocenters. The van der Waals surface area contributed by atoms with Crippen LogP contribution in [0.1, 0.15) is 63.1 Å². The molecule has 1 fully saturated rings. The minimum atomic E-state index is -0.411. The third kappa shape index (κ3) is 5.54. The number of rotatable bonds is 7. The summed E-state index contributed by atoms with van der Waals surface area (Å²) in [5, 5.41) is 3.07. The Morgan fingerprint density at radius 1 is 1.19 bits per heavy atom. The van der Waals surface area contributed by atoms with E-state index in [1.165, 1.54) is 11.1 Å². The van der Waals surface area contributed by atoms with Crippen molar-refractivity contribution in [1.82, 2.24) is 15.2 Å². The molecule has 1 aromatic carbocycles. The SMILES string of the molecule is Cc1cccc(C(CNC(=O)c2[nH]c(C)c(C(=O)OC(C)C)c2C)N2CCOCC2)c1. The summed E-state index contributed by atoms with van der Waals surface area (Å²) in [5.74, 6) is -0.638. The number of morpholine rings is 1. The van der Waals surface area contributed by atoms with Gasteiger partial charge in [-0.05, 0) is 45.7 Å². The molecule has 1 saturated heterocycles. The molecule has 1 unspecified atom stereocenters. The smallest absolute Gasteiger partial charge is 0.340 e. The number of aromatic nitrogens is 1. The van der Waals surface area contributed by atoms with Crippen LogP contribution in [0.3, 0.4) is 0 Å². The molecule has 1 amide bonds. The highest BCUT2D eigenvalue weighted by atomic mass is 16.5. The summed E-state index contributed by atoms with van der Waals surface area (Å²) in [5.41, 5.74) is 4.44. The fourth-order valence-electron chi connectivity index (χ4n) is 4.06. The summed E-state index contributed by atoms with van der Waals surface area (Å²) >= 11 is 0. The fourth-order valence-corrected chi connectivity index (χ4v) is 4.06. The lowest BCUT2D eigenvalue weighted by atomic mass is 10.0. The Hall–Kier alpha value is -2.64. The molecule has 3 rings (SSSR count). The second kappa shape index (κ2) is 10.1. The van der Waals surface area contributed by atoms with E-state index < -0.39 is 5.97 Å². The number of carbonyl (C=O) groups is 2. The van der Waals surface area contributed by atoms with Crippen molar-refractivity contribution in [2.45, 2.75) is 46.8 Å². The highest BCUT2D eigenvalue weighted by Gasteiger charge is 2.26. The van der Waals surface area contributed by atoms with E-state index in [1.54, 1.807) is 27.7 Å². The molecule has 1 aromatic heterocycles. The van der Waals surface area contributed by atoms with Crippen LogP contribution in [0.15, 0.2) is 24.3 Å². The van der Waals surface area contributed by atoms with Crippen molar-refractivity contribution in [3.05, 3.63) is 57.9 Å². The van der Waals surface area contributed by atoms with E-state index in [0.717, 1.165) is 13.1 Å². The highest BCUT2D eigenvalue weighted by Crippen LogP contribution is 2.23. The number of nitrogens with one attached hydrogen (secondary N) is 2. The van der Waals surface area contributed by atoms with Crippen LogP contribution in [0, 0.1) is 20.8 Å². The number of H-pyrrole nitrogens is 1. The fraction of sp³-hybridized carbons (Fsp3) is 0.500. The number of benzene rings is 1. The zero-order chi connectivity index (χ0) is 22.5. The van der Waals surface area contributed by atoms with Crippen molar-refractivity contribution in [3.8, 4) is 0 Å². The van der Waals surface area contributed by atoms with Gasteiger partial charge in [-0.3, -0.25) is 9.69 Å². The van der Waals surface area contributed by atoms with Gasteiger partial charge in [0, 0.05) is 25.3 Å². The maximum absolute atomic E-state index is 13.0. The van der Waals surface area contributed by atoms with Gasteiger partial charge in [-0.2, -0.15) is 0 Å². The third-order valence-electron chi connectivity index (χ3n) is 5.58. The molecular weight excluding hydrogens is 394 g/mol. The summed E-state index contributed by atoms with van der Waals surface area (Å²) in [6.45, 7) is 12.7. The molecule has 1 aliphatic rings. The van der Waals surface area contributed by atoms with Crippen LogP contribution in [0.2, 0.25) is 0 Å². The van der Waals surface area contributed by atoms with E-state index in [4.69, 9.17) is 9.47 Å². The van der Waals surface area contributed by atoms with Crippen LogP contribution in [0.4, 0.5) is 0 Å². The van der Waals surface area contributed by atoms with Crippen molar-refractivity contribution in [1.29, 1.82) is 0 Å². The highest BCUT2D eigenvalue weighted by molar-refractivity contribution is 6.00. The lowest BCUT2D eigenvalue weighted by Gasteiger charge is -2.35. The van der Waals surface area contributed by atoms with Gasteiger partial charge in [0.05, 0.1) is 30.9 Å². The van der Waals surface area contributed by atoms with E-state index in [-0.39, 0.29) is 18.1 Å². The van der Waals surface area contributed by atoms with Gasteiger partial charge < -0.3 is 19.8 Å². The Kier molecular flexibility index (Phi) is 7.51. The third-order valence-corrected chi connectivity index (χ3v) is 5.58. The number of esters is 1. The first-order valence-corrected chi connectivity index (χ1v) is 10.8. The normalized spacial score (nSPS) is 15.7. The van der Waals surface area contributed by atoms with Gasteiger partial charge in [-0.1, -0.05) is 29.8 Å². The molecule has 0 bridgehead atoms. The molecule has 2 heterocycles. The largest absolute Gasteiger partial charge is 0.459 e. The van der Waals surface area contributed by atoms with Crippen molar-refractivity contribution in [3.63, 3.8) is 0 Å². The Morgan fingerprint density at radius 3 is 2.55 bits per heavy atom. The molecule has 2 aromatic rings. The lowest BCUT2D eigenvalue weighted by Crippen LogP contribution is -2.44. The molecule has 168 valence electrons. The number of aromatic amines is 1. The van der Waals surface area contributed by atoms with Crippen LogP contribution in [-0.2, 0) is 9.47 Å². The van der Waals surface area contributed by atoms with E-state index in [2.05, 4.69) is 40.3 Å². The molecule has 0 aliphatic carbocycles. The van der Waals surface area contributed by atoms with Gasteiger partial charge in [0.2, 0.25) is 0 Å². The van der Waals surface area contributed by atoms with Crippen molar-refractivity contribution >= 4 is 11.9 Å². The Balaban J connectivity index is 1.77. The second-order valence-electron chi connectivity index (χ2n) is 8.37. The molecule has 0 radical (unpaired) electrons. The van der Waals surface area contributed by atoms with Crippen molar-refractivity contribution in [2.24, 2.45) is 0 Å². The van der Waals surface area contributed by atoms with Gasteiger partial charge in [-0.15, -0.1) is 0 Å². The quantitative estimate of drug-likeness (QED) is 0.663. The van der Waals surface area contributed by atoms with E-state index >= 15 is 0 Å². The van der Waals surface area contributed by atoms with Gasteiger partial charge in [0.25, 0.3) is 5.91 Å². The van der Waals surface area contributed by atoms with Crippen molar-refractivity contribution in [2.75, 3.05) is 32.8 Å². The van der Waals surface area contributed by atoms with E-state index in [9.17, 15) is 9.59 Å². The first kappa shape index (κ1) is 23.0. The Morgan fingerprint density at radius 2 is 1.90 bits per heavy atom. The number of hydrogen-bond donors (Lipinski definition) is 2. The number of aryl methyl sites for hydroxylation is 2. The molecule has 0 spiro atoms. The minimum absolute atomic E-state index is 0.0505. The number of carbonyl (C=O) groups excluding carboxylic acids is 2. The van der Waals surface area contributed by atoms with Crippen LogP contribution in [0.5, 0.6) is 0 Å². The van der Waals surface area contributed by atoms with Crippen LogP contribution < -0.4 is 5.32 Å². The van der Waals surface area contributed by atoms with Gasteiger partial charge >= 0.3 is 5.97 Å². The first-order chi connectivity index (χ1) is 14.8. The lowest BCUT2D eigenvalue weighted by molar-refractivity contribution is 0.0162. The van der Waals surface area contributed by atoms with Crippen LogP contribution in [0.25, 0.3) is 0 Å². The standard InChI is InChI=1S/C24H33N3O4/c1-15(2)31-24(29)21-17(4)22(26-18(21)5)23(28)25-14-20(27-9-11-30-12-10-27)19-8-6-7-16(3)13-19/h6-8,13,15,20,26H,9-12,14H2,1-5H3,(H,25,28). The van der Waals surface area contributed by atoms with Crippen molar-refractivity contribution < 1.29 is 19.1 Å². The molecule has 7 nitrogen and oxygen atoms in total. The summed E-state index contributed by atoms with van der Waals surface area (Å²) in [7, 11) is 0. The second-order valence-corrected chi connectivity index (χ2v) is 8.37. The Bertz CT molecular complexity index is 929. The molecular formula is C24H33N3O4. The van der Waals surface area contributed by atoms with Crippen LogP contribution in [-0.4, -0.2) is 60.7 Å². The minimum Gasteiger partial charge on any atom is -0.459 e. The summed E-state index contributed by atoms with van der Waals surface area (Å²) in [6.07, 6.45) is -0.220. The molecule has 1 aliphatic heterocycles. The number of nitrogens with zero attached hydrogens (tertiary/aromatic N) is 1. The Labute approximate surface area is 184 Å². The summed E-state index contributed by atoms with van der Waals surface area (Å²) in [4.78, 5) is 30.9. The maximum atomic E-state index is 13.0. The molecule has 7 heteroatoms. The van der Waals surface area contributed by atoms with E-state index in [1.807, 2.05) is 6.07 Å². The van der Waals surface area contributed by atoms with Gasteiger partial charge in [-0.25, -0.2) is 4.79 Å². The van der Waals surface area contributed by atoms with E-state index in [0.29, 0.717) is 42.3 Å². The zero-order valence-corrected chi connectivity index (χ0v) is 19.1. The predicted molar refractivity (Wildman–Crippen MR) is 119 cm³/mol. The summed E-state index contributed by atoms with van der Waals surface area (Å²) < 4.78 is 10.8. The maximum Gasteiger partial charge on any atom is 0.340 e. The monoisotopic (exact) mass is 427 g/mol. The summed E-state index contributed by atoms with van der Waals surface area (Å²) in [6, 6.07) is 8.43. The topological polar surface area (TPSA) is 83.7 Å². The van der Waals surface area contributed by atoms with Gasteiger partial charge in [0.1, 0.15) is 5.69 Å². The molecule has 31 heavy (non-hydrogen) atoms. The number of ether oxygens (including phenoxy) is 2. The number of hydrogen-bond acceptors (Lipinski definition) is 5. The zero-order valence-electron chi connectivity index (χ0n) is 19.1. The average Bonchev–Trinajstić information content (AvgIpc) is 3.02. The number of amides is 1. The average molecular weight is 428 g/mol. The van der Waals surface area contributed by atoms with Gasteiger partial charge in [0.15, 0.2) is 0 Å². The first-order valence-electron chi connectivity index (χ1n) is 10.8. The molecule has 2 N–H and O–H groups in total.